The molecule has 46 valence electrons. The van der Waals surface area contributed by atoms with Crippen LogP contribution >= 0.6 is 0 Å². The zero-order valence-electron chi connectivity index (χ0n) is 5.05. The molecule has 1 N–H and O–H groups in total. The van der Waals surface area contributed by atoms with Crippen molar-refractivity contribution in [2.24, 2.45) is 5.92 Å². The van der Waals surface area contributed by atoms with E-state index in [2.05, 4.69) is 12.2 Å². The van der Waals surface area contributed by atoms with Crippen molar-refractivity contribution in [2.45, 2.75) is 19.4 Å². The molecule has 2 heteroatoms. The van der Waals surface area contributed by atoms with Crippen molar-refractivity contribution in [2.75, 3.05) is 6.54 Å². The summed E-state index contributed by atoms with van der Waals surface area (Å²) >= 11 is 0. The van der Waals surface area contributed by atoms with Gasteiger partial charge in [0.15, 0.2) is 0 Å². The van der Waals surface area contributed by atoms with Gasteiger partial charge in [0.2, 0.25) is 0 Å². The minimum absolute atomic E-state index is 0.134. The van der Waals surface area contributed by atoms with E-state index in [1.165, 1.54) is 0 Å². The van der Waals surface area contributed by atoms with Gasteiger partial charge in [-0.2, -0.15) is 0 Å². The molecule has 2 unspecified atom stereocenters. The third-order valence-electron chi connectivity index (χ3n) is 1.74. The van der Waals surface area contributed by atoms with Gasteiger partial charge in [0.05, 0.1) is 6.04 Å². The molecule has 0 aliphatic carbocycles. The van der Waals surface area contributed by atoms with Crippen LogP contribution in [0.25, 0.3) is 0 Å². The van der Waals surface area contributed by atoms with E-state index < -0.39 is 0 Å². The molecular weight excluding hydrogens is 102 g/mol. The molecule has 0 saturated carbocycles. The van der Waals surface area contributed by atoms with Crippen LogP contribution in [0.15, 0.2) is 0 Å². The van der Waals surface area contributed by atoms with Crippen molar-refractivity contribution in [3.05, 3.63) is 0 Å². The summed E-state index contributed by atoms with van der Waals surface area (Å²) in [6.07, 6.45) is 2.14. The summed E-state index contributed by atoms with van der Waals surface area (Å²) < 4.78 is 0. The summed E-state index contributed by atoms with van der Waals surface area (Å²) in [5.41, 5.74) is 0. The Labute approximate surface area is 49.3 Å². The molecule has 8 heavy (non-hydrogen) atoms. The molecular formula is C6H11NO. The van der Waals surface area contributed by atoms with Crippen LogP contribution in [0.2, 0.25) is 0 Å². The van der Waals surface area contributed by atoms with E-state index in [0.717, 1.165) is 19.3 Å². The molecule has 2 nitrogen and oxygen atoms in total. The Morgan fingerprint density at radius 2 is 2.50 bits per heavy atom. The lowest BCUT2D eigenvalue weighted by molar-refractivity contribution is -0.109. The average Bonchev–Trinajstić information content (AvgIpc) is 2.14. The summed E-state index contributed by atoms with van der Waals surface area (Å²) in [4.78, 5) is 10.2. The van der Waals surface area contributed by atoms with Gasteiger partial charge in [-0.1, -0.05) is 6.92 Å². The number of carbonyl (C=O) groups is 1. The predicted molar refractivity (Wildman–Crippen MR) is 31.6 cm³/mol. The minimum atomic E-state index is 0.134. The Morgan fingerprint density at radius 1 is 1.75 bits per heavy atom. The van der Waals surface area contributed by atoms with Crippen LogP contribution in [-0.4, -0.2) is 18.9 Å². The maximum absolute atomic E-state index is 10.2. The number of rotatable bonds is 1. The van der Waals surface area contributed by atoms with Crippen LogP contribution in [-0.2, 0) is 4.79 Å². The van der Waals surface area contributed by atoms with Crippen LogP contribution in [0, 0.1) is 5.92 Å². The fourth-order valence-electron chi connectivity index (χ4n) is 1.04. The fourth-order valence-corrected chi connectivity index (χ4v) is 1.04. The first kappa shape index (κ1) is 5.76. The molecule has 1 aliphatic heterocycles. The molecule has 0 aromatic carbocycles. The van der Waals surface area contributed by atoms with Gasteiger partial charge < -0.3 is 10.1 Å². The molecule has 1 saturated heterocycles. The van der Waals surface area contributed by atoms with Crippen LogP contribution in [0.3, 0.4) is 0 Å². The van der Waals surface area contributed by atoms with Crippen LogP contribution in [0.1, 0.15) is 13.3 Å². The topological polar surface area (TPSA) is 29.1 Å². The fraction of sp³-hybridized carbons (Fsp3) is 0.833. The van der Waals surface area contributed by atoms with Gasteiger partial charge in [-0.15, -0.1) is 0 Å². The van der Waals surface area contributed by atoms with Gasteiger partial charge in [0, 0.05) is 0 Å². The molecule has 1 aliphatic rings. The summed E-state index contributed by atoms with van der Waals surface area (Å²) in [6.45, 7) is 3.10. The predicted octanol–water partition coefficient (Wildman–Crippen LogP) is 0.183. The smallest absolute Gasteiger partial charge is 0.137 e. The molecule has 0 radical (unpaired) electrons. The van der Waals surface area contributed by atoms with Crippen molar-refractivity contribution < 1.29 is 4.79 Å². The lowest BCUT2D eigenvalue weighted by Crippen LogP contribution is -2.26. The van der Waals surface area contributed by atoms with Gasteiger partial charge in [-0.05, 0) is 18.9 Å². The second-order valence-corrected chi connectivity index (χ2v) is 2.38. The first-order valence-corrected chi connectivity index (χ1v) is 3.03. The van der Waals surface area contributed by atoms with Gasteiger partial charge in [0.1, 0.15) is 6.29 Å². The van der Waals surface area contributed by atoms with Gasteiger partial charge >= 0.3 is 0 Å². The van der Waals surface area contributed by atoms with E-state index >= 15 is 0 Å². The summed E-state index contributed by atoms with van der Waals surface area (Å²) in [7, 11) is 0. The standard InChI is InChI=1S/C6H11NO/c1-5-2-3-7-6(5)4-8/h4-7H,2-3H2,1H3. The van der Waals surface area contributed by atoms with Crippen molar-refractivity contribution in [1.82, 2.24) is 5.32 Å². The Hall–Kier alpha value is -0.370. The lowest BCUT2D eigenvalue weighted by Gasteiger charge is -2.04. The van der Waals surface area contributed by atoms with Gasteiger partial charge in [-0.25, -0.2) is 0 Å². The quantitative estimate of drug-likeness (QED) is 0.491. The molecule has 0 amide bonds. The number of aldehydes is 1. The third kappa shape index (κ3) is 0.892. The van der Waals surface area contributed by atoms with Crippen molar-refractivity contribution >= 4 is 6.29 Å². The number of carbonyl (C=O) groups excluding carboxylic acids is 1. The van der Waals surface area contributed by atoms with E-state index in [1.807, 2.05) is 0 Å². The summed E-state index contributed by atoms with van der Waals surface area (Å²) in [5, 5.41) is 3.09. The Kier molecular flexibility index (Phi) is 1.63. The number of hydrogen-bond donors (Lipinski definition) is 1. The van der Waals surface area contributed by atoms with Crippen molar-refractivity contribution in [3.63, 3.8) is 0 Å². The van der Waals surface area contributed by atoms with E-state index in [9.17, 15) is 4.79 Å². The highest BCUT2D eigenvalue weighted by atomic mass is 16.1. The monoisotopic (exact) mass is 113 g/mol. The molecule has 1 heterocycles. The first-order valence-electron chi connectivity index (χ1n) is 3.03. The second-order valence-electron chi connectivity index (χ2n) is 2.38. The highest BCUT2D eigenvalue weighted by Crippen LogP contribution is 2.11. The molecule has 2 atom stereocenters. The average molecular weight is 113 g/mol. The van der Waals surface area contributed by atoms with E-state index in [-0.39, 0.29) is 6.04 Å². The van der Waals surface area contributed by atoms with E-state index in [0.29, 0.717) is 5.92 Å². The highest BCUT2D eigenvalue weighted by molar-refractivity contribution is 5.58. The Morgan fingerprint density at radius 3 is 2.75 bits per heavy atom. The molecule has 0 spiro atoms. The first-order chi connectivity index (χ1) is 3.84. The van der Waals surface area contributed by atoms with Crippen LogP contribution < -0.4 is 5.32 Å². The normalized spacial score (nSPS) is 37.6. The molecule has 0 aromatic heterocycles. The van der Waals surface area contributed by atoms with Gasteiger partial charge in [-0.3, -0.25) is 0 Å². The number of nitrogens with one attached hydrogen (secondary N) is 1. The van der Waals surface area contributed by atoms with Gasteiger partial charge in [0.25, 0.3) is 0 Å². The Bertz CT molecular complexity index is 92.5. The van der Waals surface area contributed by atoms with Crippen LogP contribution in [0.4, 0.5) is 0 Å². The van der Waals surface area contributed by atoms with Crippen LogP contribution in [0.5, 0.6) is 0 Å². The highest BCUT2D eigenvalue weighted by Gasteiger charge is 2.20. The summed E-state index contributed by atoms with van der Waals surface area (Å²) in [6, 6.07) is 0.134. The molecule has 0 aromatic rings. The van der Waals surface area contributed by atoms with E-state index in [1.54, 1.807) is 0 Å². The molecule has 1 rings (SSSR count). The Balaban J connectivity index is 2.41. The van der Waals surface area contributed by atoms with Crippen molar-refractivity contribution in [3.8, 4) is 0 Å². The maximum Gasteiger partial charge on any atom is 0.137 e. The third-order valence-corrected chi connectivity index (χ3v) is 1.74. The zero-order chi connectivity index (χ0) is 5.98. The van der Waals surface area contributed by atoms with E-state index in [4.69, 9.17) is 0 Å². The number of hydrogen-bond acceptors (Lipinski definition) is 2. The minimum Gasteiger partial charge on any atom is -0.307 e. The SMILES string of the molecule is CC1CCNC1C=O. The maximum atomic E-state index is 10.2. The molecule has 0 bridgehead atoms. The lowest BCUT2D eigenvalue weighted by atomic mass is 10.1. The molecule has 1 fully saturated rings. The largest absolute Gasteiger partial charge is 0.307 e. The zero-order valence-corrected chi connectivity index (χ0v) is 5.05. The van der Waals surface area contributed by atoms with Crippen molar-refractivity contribution in [1.29, 1.82) is 0 Å². The second kappa shape index (κ2) is 2.27. The summed E-state index contributed by atoms with van der Waals surface area (Å²) in [5.74, 6) is 0.549.